The van der Waals surface area contributed by atoms with Gasteiger partial charge in [0.15, 0.2) is 17.0 Å². The molecule has 2 aliphatic heterocycles. The maximum Gasteiger partial charge on any atom is 0.417 e. The molecule has 0 aromatic heterocycles. The summed E-state index contributed by atoms with van der Waals surface area (Å²) >= 11 is 0. The summed E-state index contributed by atoms with van der Waals surface area (Å²) in [4.78, 5) is 68.8. The van der Waals surface area contributed by atoms with Crippen LogP contribution in [0.1, 0.15) is 170 Å². The first kappa shape index (κ1) is 51.2. The number of carbonyl (C=O) groups excluding carboxylic acids is 5. The third-order valence-corrected chi connectivity index (χ3v) is 12.5. The lowest BCUT2D eigenvalue weighted by Crippen LogP contribution is -2.53. The summed E-state index contributed by atoms with van der Waals surface area (Å²) in [5, 5.41) is 0. The first-order chi connectivity index (χ1) is 30.2. The fourth-order valence-corrected chi connectivity index (χ4v) is 9.31. The number of amides is 3. The molecule has 0 atom stereocenters. The highest BCUT2D eigenvalue weighted by molar-refractivity contribution is 6.05. The summed E-state index contributed by atoms with van der Waals surface area (Å²) in [6.45, 7) is 14.9. The van der Waals surface area contributed by atoms with Gasteiger partial charge in [-0.3, -0.25) is 24.0 Å². The van der Waals surface area contributed by atoms with Gasteiger partial charge in [0.05, 0.1) is 41.0 Å². The van der Waals surface area contributed by atoms with Crippen LogP contribution >= 0.6 is 0 Å². The van der Waals surface area contributed by atoms with Crippen molar-refractivity contribution in [3.63, 3.8) is 0 Å². The molecule has 0 N–H and O–H groups in total. The van der Waals surface area contributed by atoms with Crippen LogP contribution in [0.2, 0.25) is 0 Å². The maximum atomic E-state index is 14.2. The molecular formula is C48H63F6N3O8. The van der Waals surface area contributed by atoms with Crippen molar-refractivity contribution < 1.29 is 64.5 Å². The Kier molecular flexibility index (Phi) is 15.7. The van der Waals surface area contributed by atoms with Crippen molar-refractivity contribution in [1.29, 1.82) is 0 Å². The normalized spacial score (nSPS) is 18.8. The average molecular weight is 924 g/mol. The number of fused-ring (bicyclic) bond motifs is 2. The molecule has 0 radical (unpaired) electrons. The highest BCUT2D eigenvalue weighted by Crippen LogP contribution is 2.45. The van der Waals surface area contributed by atoms with Gasteiger partial charge in [-0.2, -0.15) is 26.3 Å². The van der Waals surface area contributed by atoms with Gasteiger partial charge in [0.1, 0.15) is 11.5 Å². The number of carbonyl (C=O) groups is 5. The molecule has 2 saturated carbocycles. The summed E-state index contributed by atoms with van der Waals surface area (Å²) in [6.07, 6.45) is -0.785. The topological polar surface area (TPSA) is 123 Å². The second-order valence-electron chi connectivity index (χ2n) is 18.9. The summed E-state index contributed by atoms with van der Waals surface area (Å²) < 4.78 is 100. The van der Waals surface area contributed by atoms with Gasteiger partial charge in [-0.1, -0.05) is 38.5 Å². The van der Waals surface area contributed by atoms with Crippen LogP contribution in [0.15, 0.2) is 24.3 Å². The van der Waals surface area contributed by atoms with Crippen LogP contribution < -0.4 is 14.4 Å². The van der Waals surface area contributed by atoms with E-state index in [9.17, 15) is 50.3 Å². The molecule has 2 aromatic carbocycles. The monoisotopic (exact) mass is 923 g/mol. The number of nitrogens with zero attached hydrogens (tertiary/aromatic N) is 3. The number of benzene rings is 2. The fourth-order valence-electron chi connectivity index (χ4n) is 9.31. The van der Waals surface area contributed by atoms with E-state index in [0.29, 0.717) is 5.56 Å². The zero-order valence-corrected chi connectivity index (χ0v) is 38.9. The van der Waals surface area contributed by atoms with Gasteiger partial charge in [0.25, 0.3) is 17.7 Å². The van der Waals surface area contributed by atoms with Gasteiger partial charge < -0.3 is 28.9 Å². The van der Waals surface area contributed by atoms with Crippen molar-refractivity contribution in [1.82, 2.24) is 9.80 Å². The molecule has 65 heavy (non-hydrogen) atoms. The minimum atomic E-state index is -4.82. The van der Waals surface area contributed by atoms with E-state index in [4.69, 9.17) is 14.2 Å². The predicted molar refractivity (Wildman–Crippen MR) is 231 cm³/mol. The number of ketones is 1. The first-order valence-corrected chi connectivity index (χ1v) is 22.7. The molecule has 0 saturated heterocycles. The van der Waals surface area contributed by atoms with Crippen LogP contribution in [0, 0.1) is 0 Å². The van der Waals surface area contributed by atoms with E-state index in [1.165, 1.54) is 43.6 Å². The van der Waals surface area contributed by atoms with Crippen molar-refractivity contribution in [3.05, 3.63) is 52.1 Å². The molecule has 360 valence electrons. The van der Waals surface area contributed by atoms with E-state index in [2.05, 4.69) is 0 Å². The molecule has 4 aliphatic rings. The molecule has 0 spiro atoms. The first-order valence-electron chi connectivity index (χ1n) is 22.7. The third-order valence-electron chi connectivity index (χ3n) is 12.5. The molecular weight excluding hydrogens is 861 g/mol. The van der Waals surface area contributed by atoms with E-state index >= 15 is 0 Å². The van der Waals surface area contributed by atoms with Crippen molar-refractivity contribution in [3.8, 4) is 11.5 Å². The van der Waals surface area contributed by atoms with E-state index in [0.717, 1.165) is 82.4 Å². The molecule has 2 aromatic rings. The lowest BCUT2D eigenvalue weighted by molar-refractivity contribution is -0.143. The van der Waals surface area contributed by atoms with Crippen LogP contribution in [0.4, 0.5) is 32.0 Å². The number of rotatable bonds is 10. The lowest BCUT2D eigenvalue weighted by atomic mass is 9.89. The van der Waals surface area contributed by atoms with Gasteiger partial charge in [-0.05, 0) is 112 Å². The molecule has 0 unspecified atom stereocenters. The number of ether oxygens (including phenoxy) is 3. The van der Waals surface area contributed by atoms with Crippen LogP contribution in [0.25, 0.3) is 0 Å². The Hall–Kier alpha value is -4.83. The fraction of sp³-hybridized carbons (Fsp3) is 0.646. The second kappa shape index (κ2) is 20.0. The molecule has 17 heteroatoms. The van der Waals surface area contributed by atoms with Gasteiger partial charge in [0, 0.05) is 42.7 Å². The number of halogens is 6. The van der Waals surface area contributed by atoms with Gasteiger partial charge in [-0.15, -0.1) is 0 Å². The Labute approximate surface area is 377 Å². The number of alkyl halides is 6. The minimum Gasteiger partial charge on any atom is -0.480 e. The standard InChI is InChI=1S/C26H35F3N2O5.C22H28F3NO3/c1-6-35-22(32)12-13-30-20-14-18(23(33)31(16(2)3)17-10-8-7-9-11-17)19(26(27,28)29)15-21(20)36-25(4,5)24(30)34;1-13(2)26(15-8-6-5-7-9-15)20(28)16-10-14-11-19(27)21(3,4)29-18(14)12-17(16)22(23,24)25/h14-17H,6-13H2,1-5H3;10,12-13,15H,5-9,11H2,1-4H3. The smallest absolute Gasteiger partial charge is 0.417 e. The van der Waals surface area contributed by atoms with E-state index in [1.54, 1.807) is 25.7 Å². The van der Waals surface area contributed by atoms with Crippen molar-refractivity contribution in [2.24, 2.45) is 0 Å². The number of Topliss-reactive ketones (excluding diaryl/α,β-unsaturated/α-hetero) is 1. The Morgan fingerprint density at radius 2 is 1.15 bits per heavy atom. The van der Waals surface area contributed by atoms with Crippen LogP contribution in [0.3, 0.4) is 0 Å². The number of hydrogen-bond acceptors (Lipinski definition) is 8. The minimum absolute atomic E-state index is 0.0206. The zero-order valence-electron chi connectivity index (χ0n) is 38.9. The summed E-state index contributed by atoms with van der Waals surface area (Å²) in [5.74, 6) is -2.79. The average Bonchev–Trinajstić information content (AvgIpc) is 3.20. The Balaban J connectivity index is 0.000000250. The third kappa shape index (κ3) is 11.6. The predicted octanol–water partition coefficient (Wildman–Crippen LogP) is 10.5. The number of anilines is 1. The largest absolute Gasteiger partial charge is 0.480 e. The molecule has 0 bridgehead atoms. The summed E-state index contributed by atoms with van der Waals surface area (Å²) in [6, 6.07) is 3.24. The SMILES string of the molecule is CC(C)N(C(=O)c1cc2c(cc1C(F)(F)F)OC(C)(C)C(=O)C2)C1CCCCC1.CCOC(=O)CCN1C(=O)C(C)(C)Oc2cc(C(F)(F)F)c(C(=O)N(C(C)C)C3CCCCC3)cc21. The highest BCUT2D eigenvalue weighted by Gasteiger charge is 2.46. The lowest BCUT2D eigenvalue weighted by Gasteiger charge is -2.40. The number of esters is 1. The van der Waals surface area contributed by atoms with Gasteiger partial charge in [0.2, 0.25) is 0 Å². The number of hydrogen-bond donors (Lipinski definition) is 0. The van der Waals surface area contributed by atoms with Gasteiger partial charge >= 0.3 is 18.3 Å². The molecule has 11 nitrogen and oxygen atoms in total. The van der Waals surface area contributed by atoms with Crippen LogP contribution in [0.5, 0.6) is 11.5 Å². The quantitative estimate of drug-likeness (QED) is 0.171. The molecule has 6 rings (SSSR count). The van der Waals surface area contributed by atoms with E-state index in [-0.39, 0.29) is 73.1 Å². The highest BCUT2D eigenvalue weighted by atomic mass is 19.4. The second-order valence-corrected chi connectivity index (χ2v) is 18.9. The Morgan fingerprint density at radius 3 is 1.60 bits per heavy atom. The van der Waals surface area contributed by atoms with E-state index in [1.807, 2.05) is 13.8 Å². The maximum absolute atomic E-state index is 14.2. The van der Waals surface area contributed by atoms with Crippen LogP contribution in [-0.4, -0.2) is 87.8 Å². The van der Waals surface area contributed by atoms with E-state index < -0.39 is 69.5 Å². The van der Waals surface area contributed by atoms with Crippen LogP contribution in [-0.2, 0) is 37.9 Å². The van der Waals surface area contributed by atoms with Gasteiger partial charge in [-0.25, -0.2) is 0 Å². The molecule has 2 fully saturated rings. The zero-order chi connectivity index (χ0) is 48.4. The molecule has 2 heterocycles. The summed E-state index contributed by atoms with van der Waals surface area (Å²) in [7, 11) is 0. The molecule has 2 aliphatic carbocycles. The molecule has 3 amide bonds. The Morgan fingerprint density at radius 1 is 0.708 bits per heavy atom. The van der Waals surface area contributed by atoms with Crippen molar-refractivity contribution in [2.75, 3.05) is 18.1 Å². The Bertz CT molecular complexity index is 2100. The summed E-state index contributed by atoms with van der Waals surface area (Å²) in [5.41, 5.74) is -5.32. The van der Waals surface area contributed by atoms with Crippen molar-refractivity contribution in [2.45, 2.75) is 187 Å². The van der Waals surface area contributed by atoms with Crippen molar-refractivity contribution >= 4 is 35.2 Å².